The molecule has 0 aliphatic carbocycles. The number of urea groups is 1. The minimum atomic E-state index is -0.429. The summed E-state index contributed by atoms with van der Waals surface area (Å²) in [6.07, 6.45) is 3.54. The van der Waals surface area contributed by atoms with Crippen molar-refractivity contribution in [3.8, 4) is 5.69 Å². The number of carbonyl (C=O) groups excluding carboxylic acids is 1. The maximum absolute atomic E-state index is 11.9. The average molecular weight is 382 g/mol. The first-order valence-electron chi connectivity index (χ1n) is 8.34. The molecule has 27 heavy (non-hydrogen) atoms. The third-order valence-corrected chi connectivity index (χ3v) is 4.14. The highest BCUT2D eigenvalue weighted by molar-refractivity contribution is 6.30. The summed E-state index contributed by atoms with van der Waals surface area (Å²) in [5.41, 5.74) is 6.07. The van der Waals surface area contributed by atoms with Gasteiger partial charge < -0.3 is 14.8 Å². The minimum Gasteiger partial charge on any atom is -0.378 e. The van der Waals surface area contributed by atoms with Crippen molar-refractivity contribution in [2.45, 2.75) is 0 Å². The molecule has 1 heterocycles. The Labute approximate surface area is 163 Å². The first-order valence-corrected chi connectivity index (χ1v) is 8.71. The molecule has 3 rings (SSSR count). The van der Waals surface area contributed by atoms with Crippen LogP contribution >= 0.6 is 11.6 Å². The van der Waals surface area contributed by atoms with Crippen LogP contribution < -0.4 is 15.6 Å². The van der Waals surface area contributed by atoms with Crippen molar-refractivity contribution < 1.29 is 4.79 Å². The van der Waals surface area contributed by atoms with Crippen molar-refractivity contribution in [2.24, 2.45) is 5.10 Å². The molecule has 0 atom stereocenters. The van der Waals surface area contributed by atoms with E-state index in [0.717, 1.165) is 17.1 Å². The monoisotopic (exact) mass is 381 g/mol. The maximum Gasteiger partial charge on any atom is 0.339 e. The largest absolute Gasteiger partial charge is 0.378 e. The Bertz CT molecular complexity index is 930. The van der Waals surface area contributed by atoms with Crippen molar-refractivity contribution >= 4 is 35.2 Å². The molecule has 1 aromatic heterocycles. The Balaban J connectivity index is 1.63. The molecule has 2 aromatic carbocycles. The Morgan fingerprint density at radius 3 is 2.44 bits per heavy atom. The van der Waals surface area contributed by atoms with Crippen LogP contribution in [0.5, 0.6) is 0 Å². The lowest BCUT2D eigenvalue weighted by atomic mass is 10.2. The number of amides is 2. The number of anilines is 2. The second-order valence-electron chi connectivity index (χ2n) is 6.04. The van der Waals surface area contributed by atoms with E-state index in [0.29, 0.717) is 10.7 Å². The fraction of sp³-hybridized carbons (Fsp3) is 0.100. The molecule has 7 heteroatoms. The van der Waals surface area contributed by atoms with E-state index in [1.165, 1.54) is 0 Å². The lowest BCUT2D eigenvalue weighted by Gasteiger charge is -2.13. The van der Waals surface area contributed by atoms with Crippen LogP contribution in [-0.2, 0) is 0 Å². The Kier molecular flexibility index (Phi) is 5.78. The van der Waals surface area contributed by atoms with Gasteiger partial charge in [0.05, 0.1) is 11.9 Å². The summed E-state index contributed by atoms with van der Waals surface area (Å²) in [7, 11) is 4.01. The van der Waals surface area contributed by atoms with Crippen molar-refractivity contribution in [3.05, 3.63) is 77.6 Å². The third-order valence-electron chi connectivity index (χ3n) is 3.89. The molecule has 0 radical (unpaired) electrons. The zero-order chi connectivity index (χ0) is 19.2. The zero-order valence-electron chi connectivity index (χ0n) is 15.1. The van der Waals surface area contributed by atoms with E-state index in [-0.39, 0.29) is 0 Å². The summed E-state index contributed by atoms with van der Waals surface area (Å²) in [6, 6.07) is 18.4. The highest BCUT2D eigenvalue weighted by Gasteiger charge is 2.03. The second-order valence-corrected chi connectivity index (χ2v) is 6.48. The van der Waals surface area contributed by atoms with Crippen molar-refractivity contribution in [1.29, 1.82) is 0 Å². The molecule has 0 spiro atoms. The number of hydrogen-bond acceptors (Lipinski definition) is 3. The van der Waals surface area contributed by atoms with Gasteiger partial charge in [0.15, 0.2) is 0 Å². The van der Waals surface area contributed by atoms with Crippen molar-refractivity contribution in [3.63, 3.8) is 0 Å². The number of hydrogen-bond donors (Lipinski definition) is 2. The number of nitrogens with one attached hydrogen (secondary N) is 2. The van der Waals surface area contributed by atoms with E-state index in [9.17, 15) is 4.79 Å². The number of benzene rings is 2. The van der Waals surface area contributed by atoms with Crippen LogP contribution in [0.4, 0.5) is 16.2 Å². The summed E-state index contributed by atoms with van der Waals surface area (Å²) in [4.78, 5) is 13.9. The van der Waals surface area contributed by atoms with Crippen LogP contribution in [-0.4, -0.2) is 30.9 Å². The van der Waals surface area contributed by atoms with Gasteiger partial charge in [-0.15, -0.1) is 0 Å². The van der Waals surface area contributed by atoms with Gasteiger partial charge in [0, 0.05) is 42.4 Å². The summed E-state index contributed by atoms with van der Waals surface area (Å²) in [5, 5.41) is 7.31. The van der Waals surface area contributed by atoms with Gasteiger partial charge in [-0.2, -0.15) is 5.10 Å². The smallest absolute Gasteiger partial charge is 0.339 e. The Morgan fingerprint density at radius 1 is 1.07 bits per heavy atom. The van der Waals surface area contributed by atoms with Gasteiger partial charge in [-0.25, -0.2) is 10.2 Å². The van der Waals surface area contributed by atoms with Crippen molar-refractivity contribution in [2.75, 3.05) is 24.3 Å². The van der Waals surface area contributed by atoms with Crippen LogP contribution in [0.1, 0.15) is 5.69 Å². The first-order chi connectivity index (χ1) is 13.0. The molecule has 6 nitrogen and oxygen atoms in total. The number of hydrazone groups is 1. The van der Waals surface area contributed by atoms with Crippen LogP contribution in [0.3, 0.4) is 0 Å². The van der Waals surface area contributed by atoms with Crippen LogP contribution in [0.25, 0.3) is 5.69 Å². The number of nitrogens with zero attached hydrogens (tertiary/aromatic N) is 3. The fourth-order valence-corrected chi connectivity index (χ4v) is 2.62. The summed E-state index contributed by atoms with van der Waals surface area (Å²) in [6.45, 7) is 0. The molecule has 0 unspecified atom stereocenters. The third kappa shape index (κ3) is 4.89. The fourth-order valence-electron chi connectivity index (χ4n) is 2.50. The van der Waals surface area contributed by atoms with Gasteiger partial charge in [-0.1, -0.05) is 11.6 Å². The summed E-state index contributed by atoms with van der Waals surface area (Å²) in [5.74, 6) is 0. The lowest BCUT2D eigenvalue weighted by molar-refractivity contribution is 0.252. The topological polar surface area (TPSA) is 61.7 Å². The Morgan fingerprint density at radius 2 is 1.78 bits per heavy atom. The average Bonchev–Trinajstić information content (AvgIpc) is 3.12. The molecule has 0 bridgehead atoms. The van der Waals surface area contributed by atoms with Crippen LogP contribution in [0.15, 0.2) is 72.0 Å². The van der Waals surface area contributed by atoms with E-state index in [1.807, 2.05) is 66.2 Å². The number of carbonyl (C=O) groups is 1. The number of halogens is 1. The minimum absolute atomic E-state index is 0.429. The Hall–Kier alpha value is -3.25. The van der Waals surface area contributed by atoms with E-state index < -0.39 is 6.03 Å². The predicted molar refractivity (Wildman–Crippen MR) is 111 cm³/mol. The quantitative estimate of drug-likeness (QED) is 0.509. The molecule has 0 aliphatic rings. The van der Waals surface area contributed by atoms with Crippen LogP contribution in [0.2, 0.25) is 5.02 Å². The van der Waals surface area contributed by atoms with Gasteiger partial charge in [0.1, 0.15) is 0 Å². The maximum atomic E-state index is 11.9. The molecular weight excluding hydrogens is 362 g/mol. The molecule has 3 aromatic rings. The number of rotatable bonds is 5. The van der Waals surface area contributed by atoms with E-state index >= 15 is 0 Å². The van der Waals surface area contributed by atoms with Gasteiger partial charge in [-0.3, -0.25) is 0 Å². The molecule has 2 amide bonds. The summed E-state index contributed by atoms with van der Waals surface area (Å²) < 4.78 is 1.99. The molecule has 0 aliphatic heterocycles. The standard InChI is InChI=1S/C20H20ClN5O/c1-25(2)17-9-11-18(12-10-17)26-13-3-4-19(26)14-22-24-20(27)23-16-7-5-15(21)6-8-16/h3-14H,1-2H3,(H2,23,24,27)/b22-14+. The highest BCUT2D eigenvalue weighted by atomic mass is 35.5. The normalized spacial score (nSPS) is 10.8. The molecular formula is C20H20ClN5O. The van der Waals surface area contributed by atoms with Gasteiger partial charge in [-0.05, 0) is 60.7 Å². The van der Waals surface area contributed by atoms with Crippen LogP contribution in [0, 0.1) is 0 Å². The van der Waals surface area contributed by atoms with Gasteiger partial charge in [0.25, 0.3) is 0 Å². The first kappa shape index (κ1) is 18.5. The molecule has 138 valence electrons. The van der Waals surface area contributed by atoms with Crippen molar-refractivity contribution in [1.82, 2.24) is 9.99 Å². The van der Waals surface area contributed by atoms with E-state index in [1.54, 1.807) is 30.5 Å². The number of aromatic nitrogens is 1. The molecule has 0 fully saturated rings. The zero-order valence-corrected chi connectivity index (χ0v) is 15.8. The van der Waals surface area contributed by atoms with Gasteiger partial charge >= 0.3 is 6.03 Å². The van der Waals surface area contributed by atoms with E-state index in [4.69, 9.17) is 11.6 Å². The SMILES string of the molecule is CN(C)c1ccc(-n2cccc2/C=N/NC(=O)Nc2ccc(Cl)cc2)cc1. The highest BCUT2D eigenvalue weighted by Crippen LogP contribution is 2.17. The molecule has 0 saturated heterocycles. The predicted octanol–water partition coefficient (Wildman–Crippen LogP) is 4.35. The molecule has 2 N–H and O–H groups in total. The van der Waals surface area contributed by atoms with E-state index in [2.05, 4.69) is 15.8 Å². The molecule has 0 saturated carbocycles. The summed E-state index contributed by atoms with van der Waals surface area (Å²) >= 11 is 5.82. The lowest BCUT2D eigenvalue weighted by Crippen LogP contribution is -2.24. The van der Waals surface area contributed by atoms with Gasteiger partial charge in [0.2, 0.25) is 0 Å². The second kappa shape index (κ2) is 8.42.